The third-order valence-electron chi connectivity index (χ3n) is 3.77. The van der Waals surface area contributed by atoms with Crippen LogP contribution in [0.25, 0.3) is 11.0 Å². The van der Waals surface area contributed by atoms with E-state index < -0.39 is 0 Å². The summed E-state index contributed by atoms with van der Waals surface area (Å²) in [7, 11) is 3.34. The number of imidazole rings is 1. The molecule has 3 rings (SSSR count). The minimum atomic E-state index is -0.135. The van der Waals surface area contributed by atoms with E-state index in [1.165, 1.54) is 17.4 Å². The molecule has 0 fully saturated rings. The highest BCUT2D eigenvalue weighted by Crippen LogP contribution is 2.22. The van der Waals surface area contributed by atoms with Crippen LogP contribution in [0.4, 0.5) is 0 Å². The molecule has 0 unspecified atom stereocenters. The van der Waals surface area contributed by atoms with Gasteiger partial charge < -0.3 is 14.4 Å². The molecule has 0 saturated heterocycles. The van der Waals surface area contributed by atoms with E-state index >= 15 is 0 Å². The summed E-state index contributed by atoms with van der Waals surface area (Å²) in [4.78, 5) is 18.9. The largest absolute Gasteiger partial charge is 0.497 e. The zero-order valence-corrected chi connectivity index (χ0v) is 16.0. The average molecular weight is 392 g/mol. The number of carbonyl (C=O) groups excluding carboxylic acids is 1. The van der Waals surface area contributed by atoms with E-state index in [1.54, 1.807) is 25.1 Å². The van der Waals surface area contributed by atoms with E-state index in [4.69, 9.17) is 21.1 Å². The lowest BCUT2D eigenvalue weighted by molar-refractivity contribution is -0.125. The fourth-order valence-corrected chi connectivity index (χ4v) is 3.29. The number of amides is 1. The molecule has 0 radical (unpaired) electrons. The van der Waals surface area contributed by atoms with Gasteiger partial charge in [-0.1, -0.05) is 11.6 Å². The van der Waals surface area contributed by atoms with Crippen LogP contribution in [0.15, 0.2) is 41.9 Å². The van der Waals surface area contributed by atoms with Crippen molar-refractivity contribution in [1.29, 1.82) is 0 Å². The van der Waals surface area contributed by atoms with Gasteiger partial charge in [-0.05, 0) is 30.3 Å². The number of thiazole rings is 1. The first-order valence-corrected chi connectivity index (χ1v) is 9.15. The Bertz CT molecular complexity index is 918. The van der Waals surface area contributed by atoms with Gasteiger partial charge in [0.05, 0.1) is 19.3 Å². The van der Waals surface area contributed by atoms with Crippen molar-refractivity contribution in [2.45, 2.75) is 0 Å². The maximum absolute atomic E-state index is 12.2. The summed E-state index contributed by atoms with van der Waals surface area (Å²) in [5.41, 5.74) is 0.694. The SMILES string of the molecule is COc1ccc(OCCN(C)C(=O)/C=C/c2c(Cl)nc3sccn23)cc1. The fourth-order valence-electron chi connectivity index (χ4n) is 2.29. The lowest BCUT2D eigenvalue weighted by Gasteiger charge is -2.15. The highest BCUT2D eigenvalue weighted by Gasteiger charge is 2.10. The smallest absolute Gasteiger partial charge is 0.246 e. The van der Waals surface area contributed by atoms with Crippen LogP contribution in [0.1, 0.15) is 5.69 Å². The normalized spacial score (nSPS) is 11.2. The Morgan fingerprint density at radius 3 is 2.81 bits per heavy atom. The number of ether oxygens (including phenoxy) is 2. The van der Waals surface area contributed by atoms with E-state index in [-0.39, 0.29) is 5.91 Å². The Labute approximate surface area is 160 Å². The van der Waals surface area contributed by atoms with Crippen LogP contribution in [0, 0.1) is 0 Å². The van der Waals surface area contributed by atoms with Crippen LogP contribution in [0.5, 0.6) is 11.5 Å². The maximum Gasteiger partial charge on any atom is 0.246 e. The second-order valence-electron chi connectivity index (χ2n) is 5.46. The number of fused-ring (bicyclic) bond motifs is 1. The Morgan fingerprint density at radius 2 is 2.08 bits per heavy atom. The molecule has 26 heavy (non-hydrogen) atoms. The van der Waals surface area contributed by atoms with Crippen LogP contribution in [-0.4, -0.2) is 47.5 Å². The zero-order valence-electron chi connectivity index (χ0n) is 14.4. The first-order valence-electron chi connectivity index (χ1n) is 7.89. The number of benzene rings is 1. The topological polar surface area (TPSA) is 56.1 Å². The van der Waals surface area contributed by atoms with Gasteiger partial charge in [0.1, 0.15) is 18.1 Å². The molecule has 0 atom stereocenters. The quantitative estimate of drug-likeness (QED) is 0.577. The van der Waals surface area contributed by atoms with Crippen LogP contribution >= 0.6 is 22.9 Å². The van der Waals surface area contributed by atoms with Crippen LogP contribution in [0.2, 0.25) is 5.15 Å². The molecular formula is C18H18ClN3O3S. The molecule has 3 aromatic rings. The van der Waals surface area contributed by atoms with Gasteiger partial charge >= 0.3 is 0 Å². The summed E-state index contributed by atoms with van der Waals surface area (Å²) in [5.74, 6) is 1.37. The Kier molecular flexibility index (Phi) is 5.80. The third-order valence-corrected chi connectivity index (χ3v) is 4.80. The molecule has 6 nitrogen and oxygen atoms in total. The number of rotatable bonds is 7. The number of likely N-dealkylation sites (N-methyl/N-ethyl adjacent to an activating group) is 1. The second-order valence-corrected chi connectivity index (χ2v) is 6.69. The number of carbonyl (C=O) groups is 1. The number of halogens is 1. The summed E-state index contributed by atoms with van der Waals surface area (Å²) >= 11 is 7.60. The molecule has 0 aliphatic rings. The number of methoxy groups -OCH3 is 1. The Hall–Kier alpha value is -2.51. The summed E-state index contributed by atoms with van der Waals surface area (Å²) in [6.45, 7) is 0.855. The van der Waals surface area contributed by atoms with Crippen LogP contribution < -0.4 is 9.47 Å². The lowest BCUT2D eigenvalue weighted by atomic mass is 10.3. The van der Waals surface area contributed by atoms with Gasteiger partial charge in [-0.3, -0.25) is 9.20 Å². The predicted molar refractivity (Wildman–Crippen MR) is 103 cm³/mol. The fraction of sp³-hybridized carbons (Fsp3) is 0.222. The molecule has 136 valence electrons. The van der Waals surface area contributed by atoms with E-state index in [2.05, 4.69) is 4.98 Å². The molecule has 0 N–H and O–H groups in total. The van der Waals surface area contributed by atoms with Gasteiger partial charge in [0.15, 0.2) is 10.1 Å². The van der Waals surface area contributed by atoms with Crippen molar-refractivity contribution in [3.05, 3.63) is 52.8 Å². The molecule has 0 saturated carbocycles. The van der Waals surface area contributed by atoms with Gasteiger partial charge in [-0.2, -0.15) is 0 Å². The number of hydrogen-bond acceptors (Lipinski definition) is 5. The Morgan fingerprint density at radius 1 is 1.35 bits per heavy atom. The molecule has 1 aromatic carbocycles. The number of nitrogens with zero attached hydrogens (tertiary/aromatic N) is 3. The van der Waals surface area contributed by atoms with Gasteiger partial charge in [0.25, 0.3) is 0 Å². The minimum Gasteiger partial charge on any atom is -0.497 e. The highest BCUT2D eigenvalue weighted by atomic mass is 35.5. The number of aromatic nitrogens is 2. The summed E-state index contributed by atoms with van der Waals surface area (Å²) in [6, 6.07) is 7.31. The standard InChI is InChI=1S/C18H18ClN3O3S/c1-21(9-11-25-14-5-3-13(24-2)4-6-14)16(23)8-7-15-17(19)20-18-22(15)10-12-26-18/h3-8,10,12H,9,11H2,1-2H3/b8-7+. The van der Waals surface area contributed by atoms with Crippen molar-refractivity contribution < 1.29 is 14.3 Å². The molecule has 1 amide bonds. The highest BCUT2D eigenvalue weighted by molar-refractivity contribution is 7.15. The summed E-state index contributed by atoms with van der Waals surface area (Å²) in [5, 5.41) is 2.30. The Balaban J connectivity index is 1.52. The lowest BCUT2D eigenvalue weighted by Crippen LogP contribution is -2.29. The first kappa shape index (κ1) is 18.3. The van der Waals surface area contributed by atoms with E-state index in [1.807, 2.05) is 40.2 Å². The van der Waals surface area contributed by atoms with Gasteiger partial charge in [-0.15, -0.1) is 11.3 Å². The van der Waals surface area contributed by atoms with Crippen molar-refractivity contribution in [1.82, 2.24) is 14.3 Å². The maximum atomic E-state index is 12.2. The molecule has 0 aliphatic heterocycles. The number of hydrogen-bond donors (Lipinski definition) is 0. The van der Waals surface area contributed by atoms with Gasteiger partial charge in [-0.25, -0.2) is 4.98 Å². The average Bonchev–Trinajstić information content (AvgIpc) is 3.21. The van der Waals surface area contributed by atoms with Crippen molar-refractivity contribution in [3.63, 3.8) is 0 Å². The molecular weight excluding hydrogens is 374 g/mol. The van der Waals surface area contributed by atoms with Crippen LogP contribution in [0.3, 0.4) is 0 Å². The van der Waals surface area contributed by atoms with Crippen molar-refractivity contribution in [2.24, 2.45) is 0 Å². The van der Waals surface area contributed by atoms with E-state index in [9.17, 15) is 4.79 Å². The molecule has 0 bridgehead atoms. The zero-order chi connectivity index (χ0) is 18.5. The first-order chi connectivity index (χ1) is 12.6. The molecule has 2 aromatic heterocycles. The summed E-state index contributed by atoms with van der Waals surface area (Å²) < 4.78 is 12.6. The minimum absolute atomic E-state index is 0.135. The van der Waals surface area contributed by atoms with Crippen molar-refractivity contribution in [2.75, 3.05) is 27.3 Å². The molecule has 2 heterocycles. The van der Waals surface area contributed by atoms with Gasteiger partial charge in [0, 0.05) is 24.7 Å². The molecule has 8 heteroatoms. The predicted octanol–water partition coefficient (Wildman–Crippen LogP) is 3.61. The second kappa shape index (κ2) is 8.25. The molecule has 0 aliphatic carbocycles. The van der Waals surface area contributed by atoms with Crippen LogP contribution in [-0.2, 0) is 4.79 Å². The molecule has 0 spiro atoms. The van der Waals surface area contributed by atoms with E-state index in [0.29, 0.717) is 24.0 Å². The summed E-state index contributed by atoms with van der Waals surface area (Å²) in [6.07, 6.45) is 5.04. The monoisotopic (exact) mass is 391 g/mol. The third kappa shape index (κ3) is 4.17. The van der Waals surface area contributed by atoms with Crippen molar-refractivity contribution >= 4 is 39.9 Å². The van der Waals surface area contributed by atoms with Crippen molar-refractivity contribution in [3.8, 4) is 11.5 Å². The van der Waals surface area contributed by atoms with Gasteiger partial charge in [0.2, 0.25) is 5.91 Å². The van der Waals surface area contributed by atoms with E-state index in [0.717, 1.165) is 16.5 Å².